The molecule has 0 atom stereocenters. The maximum atomic E-state index is 2.38. The number of hydrogen-bond donors (Lipinski definition) is 0. The number of thiophene rings is 1. The molecule has 1 nitrogen and oxygen atoms in total. The van der Waals surface area contributed by atoms with Crippen LogP contribution in [-0.4, -0.2) is 0 Å². The van der Waals surface area contributed by atoms with Gasteiger partial charge in [0.05, 0.1) is 0 Å². The molecule has 1 heterocycles. The molecule has 12 rings (SSSR count). The second-order valence-corrected chi connectivity index (χ2v) is 18.0. The summed E-state index contributed by atoms with van der Waals surface area (Å²) in [7, 11) is 0. The number of benzene rings is 11. The first-order valence-corrected chi connectivity index (χ1v) is 23.4. The Morgan fingerprint density at radius 3 is 1.38 bits per heavy atom. The Balaban J connectivity index is 0.932. The van der Waals surface area contributed by atoms with Gasteiger partial charge in [-0.25, -0.2) is 0 Å². The number of rotatable bonds is 9. The topological polar surface area (TPSA) is 3.24 Å². The molecular formula is C64H43NS. The van der Waals surface area contributed by atoms with Gasteiger partial charge in [-0.15, -0.1) is 11.3 Å². The normalized spacial score (nSPS) is 11.3. The summed E-state index contributed by atoms with van der Waals surface area (Å²) in [6.45, 7) is 0. The first kappa shape index (κ1) is 39.3. The molecule has 0 aliphatic heterocycles. The van der Waals surface area contributed by atoms with Crippen molar-refractivity contribution in [1.82, 2.24) is 0 Å². The van der Waals surface area contributed by atoms with Crippen LogP contribution in [0.15, 0.2) is 261 Å². The molecule has 0 bridgehead atoms. The highest BCUT2D eigenvalue weighted by Gasteiger charge is 2.17. The lowest BCUT2D eigenvalue weighted by Gasteiger charge is -2.26. The Hall–Kier alpha value is -8.30. The van der Waals surface area contributed by atoms with Crippen molar-refractivity contribution in [2.24, 2.45) is 0 Å². The second-order valence-electron chi connectivity index (χ2n) is 16.9. The first-order valence-electron chi connectivity index (χ1n) is 22.6. The predicted molar refractivity (Wildman–Crippen MR) is 284 cm³/mol. The lowest BCUT2D eigenvalue weighted by Crippen LogP contribution is -2.10. The van der Waals surface area contributed by atoms with E-state index < -0.39 is 0 Å². The predicted octanol–water partition coefficient (Wildman–Crippen LogP) is 18.7. The van der Waals surface area contributed by atoms with Gasteiger partial charge in [0.1, 0.15) is 0 Å². The van der Waals surface area contributed by atoms with Gasteiger partial charge in [0.15, 0.2) is 0 Å². The van der Waals surface area contributed by atoms with E-state index in [0.29, 0.717) is 0 Å². The molecule has 2 heteroatoms. The van der Waals surface area contributed by atoms with Crippen molar-refractivity contribution in [3.63, 3.8) is 0 Å². The summed E-state index contributed by atoms with van der Waals surface area (Å²) in [6.07, 6.45) is 0. The van der Waals surface area contributed by atoms with Gasteiger partial charge in [0, 0.05) is 37.2 Å². The SMILES string of the molecule is c1ccc(-c2cc(-c3ccccc3)cc(-c3ccc(N(c4ccc(-c5cccc(-c6cccc7c6sc6ccccc67)c5)cc4)c4cccc(-c5ccc6ccccc6c5)c4)cc3)c2)cc1. The minimum absolute atomic E-state index is 1.09. The van der Waals surface area contributed by atoms with E-state index in [0.717, 1.165) is 17.1 Å². The standard InChI is InChI=1S/C64H43NS/c1-3-14-44(15-4-1)54-40-55(45-16-5-2-6-17-45)42-56(41-54)48-32-36-58(37-33-48)65(59-23-12-21-51(43-59)52-29-28-46-18-7-8-19-49(46)38-52)57-34-30-47(31-35-57)50-20-11-22-53(39-50)60-25-13-26-62-61-24-9-10-27-63(61)66-64(60)62/h1-43H. The zero-order valence-electron chi connectivity index (χ0n) is 36.2. The highest BCUT2D eigenvalue weighted by molar-refractivity contribution is 7.26. The quantitative estimate of drug-likeness (QED) is 0.140. The summed E-state index contributed by atoms with van der Waals surface area (Å²) in [5.74, 6) is 0. The van der Waals surface area contributed by atoms with Crippen molar-refractivity contribution in [3.8, 4) is 66.8 Å². The van der Waals surface area contributed by atoms with E-state index in [1.165, 1.54) is 97.7 Å². The van der Waals surface area contributed by atoms with Gasteiger partial charge >= 0.3 is 0 Å². The molecule has 12 aromatic rings. The summed E-state index contributed by atoms with van der Waals surface area (Å²) in [5.41, 5.74) is 17.7. The maximum absolute atomic E-state index is 2.38. The molecule has 310 valence electrons. The first-order chi connectivity index (χ1) is 32.7. The monoisotopic (exact) mass is 857 g/mol. The molecule has 0 amide bonds. The Morgan fingerprint density at radius 1 is 0.242 bits per heavy atom. The van der Waals surface area contributed by atoms with E-state index in [1.54, 1.807) is 0 Å². The third-order valence-electron chi connectivity index (χ3n) is 12.8. The second kappa shape index (κ2) is 17.0. The van der Waals surface area contributed by atoms with Crippen molar-refractivity contribution in [3.05, 3.63) is 261 Å². The largest absolute Gasteiger partial charge is 0.310 e. The van der Waals surface area contributed by atoms with E-state index in [1.807, 2.05) is 11.3 Å². The molecule has 1 aromatic heterocycles. The van der Waals surface area contributed by atoms with Gasteiger partial charge in [-0.05, 0) is 150 Å². The molecule has 0 aliphatic carbocycles. The average molecular weight is 858 g/mol. The summed E-state index contributed by atoms with van der Waals surface area (Å²) < 4.78 is 2.66. The molecular weight excluding hydrogens is 815 g/mol. The number of anilines is 3. The van der Waals surface area contributed by atoms with Crippen molar-refractivity contribution in [2.75, 3.05) is 4.90 Å². The minimum atomic E-state index is 1.09. The summed E-state index contributed by atoms with van der Waals surface area (Å²) in [5, 5.41) is 5.12. The molecule has 0 unspecified atom stereocenters. The molecule has 0 saturated carbocycles. The van der Waals surface area contributed by atoms with Crippen LogP contribution in [0.3, 0.4) is 0 Å². The van der Waals surface area contributed by atoms with E-state index >= 15 is 0 Å². The fraction of sp³-hybridized carbons (Fsp3) is 0. The Labute approximate surface area is 389 Å². The highest BCUT2D eigenvalue weighted by atomic mass is 32.1. The lowest BCUT2D eigenvalue weighted by atomic mass is 9.93. The Kier molecular flexibility index (Phi) is 10.1. The zero-order chi connectivity index (χ0) is 43.8. The number of hydrogen-bond acceptors (Lipinski definition) is 2. The number of fused-ring (bicyclic) bond motifs is 4. The molecule has 0 spiro atoms. The van der Waals surface area contributed by atoms with Gasteiger partial charge in [-0.3, -0.25) is 0 Å². The summed E-state index contributed by atoms with van der Waals surface area (Å²) in [4.78, 5) is 2.38. The maximum Gasteiger partial charge on any atom is 0.0467 e. The van der Waals surface area contributed by atoms with E-state index in [-0.39, 0.29) is 0 Å². The number of nitrogens with zero attached hydrogens (tertiary/aromatic N) is 1. The van der Waals surface area contributed by atoms with Crippen LogP contribution in [0.25, 0.3) is 97.7 Å². The summed E-state index contributed by atoms with van der Waals surface area (Å²) in [6, 6.07) is 95.1. The zero-order valence-corrected chi connectivity index (χ0v) is 37.0. The van der Waals surface area contributed by atoms with Crippen LogP contribution in [0, 0.1) is 0 Å². The fourth-order valence-corrected chi connectivity index (χ4v) is 10.7. The van der Waals surface area contributed by atoms with Gasteiger partial charge in [0.25, 0.3) is 0 Å². The average Bonchev–Trinajstić information content (AvgIpc) is 3.79. The lowest BCUT2D eigenvalue weighted by molar-refractivity contribution is 1.28. The smallest absolute Gasteiger partial charge is 0.0467 e. The van der Waals surface area contributed by atoms with Crippen LogP contribution in [0.1, 0.15) is 0 Å². The molecule has 0 N–H and O–H groups in total. The van der Waals surface area contributed by atoms with E-state index in [2.05, 4.69) is 266 Å². The molecule has 0 aliphatic rings. The highest BCUT2D eigenvalue weighted by Crippen LogP contribution is 2.43. The third kappa shape index (κ3) is 7.54. The van der Waals surface area contributed by atoms with Crippen LogP contribution in [0.5, 0.6) is 0 Å². The van der Waals surface area contributed by atoms with Crippen molar-refractivity contribution in [2.45, 2.75) is 0 Å². The van der Waals surface area contributed by atoms with Crippen molar-refractivity contribution >= 4 is 59.3 Å². The Bertz CT molecular complexity index is 3620. The van der Waals surface area contributed by atoms with Gasteiger partial charge in [-0.2, -0.15) is 0 Å². The van der Waals surface area contributed by atoms with E-state index in [4.69, 9.17) is 0 Å². The molecule has 66 heavy (non-hydrogen) atoms. The molecule has 0 fully saturated rings. The van der Waals surface area contributed by atoms with Crippen molar-refractivity contribution in [1.29, 1.82) is 0 Å². The minimum Gasteiger partial charge on any atom is -0.310 e. The van der Waals surface area contributed by atoms with Crippen LogP contribution < -0.4 is 4.90 Å². The Morgan fingerprint density at radius 2 is 0.697 bits per heavy atom. The molecule has 0 radical (unpaired) electrons. The van der Waals surface area contributed by atoms with Gasteiger partial charge in [-0.1, -0.05) is 188 Å². The summed E-state index contributed by atoms with van der Waals surface area (Å²) >= 11 is 1.88. The fourth-order valence-electron chi connectivity index (χ4n) is 9.48. The van der Waals surface area contributed by atoms with Crippen LogP contribution >= 0.6 is 11.3 Å². The van der Waals surface area contributed by atoms with Crippen LogP contribution in [-0.2, 0) is 0 Å². The van der Waals surface area contributed by atoms with E-state index in [9.17, 15) is 0 Å². The van der Waals surface area contributed by atoms with Gasteiger partial charge in [0.2, 0.25) is 0 Å². The molecule has 11 aromatic carbocycles. The third-order valence-corrected chi connectivity index (χ3v) is 14.0. The van der Waals surface area contributed by atoms with Crippen molar-refractivity contribution < 1.29 is 0 Å². The van der Waals surface area contributed by atoms with Crippen LogP contribution in [0.4, 0.5) is 17.1 Å². The van der Waals surface area contributed by atoms with Gasteiger partial charge < -0.3 is 4.90 Å². The molecule has 0 saturated heterocycles. The van der Waals surface area contributed by atoms with Crippen LogP contribution in [0.2, 0.25) is 0 Å².